The van der Waals surface area contributed by atoms with Gasteiger partial charge in [-0.25, -0.2) is 4.90 Å². The number of carbonyl (C=O) groups is 3. The maximum atomic E-state index is 14.1. The Morgan fingerprint density at radius 3 is 2.43 bits per heavy atom. The molecule has 2 aliphatic heterocycles. The Morgan fingerprint density at radius 1 is 0.909 bits per heavy atom. The fourth-order valence-electron chi connectivity index (χ4n) is 6.03. The van der Waals surface area contributed by atoms with Crippen LogP contribution in [0.1, 0.15) is 16.4 Å². The molecule has 0 spiro atoms. The van der Waals surface area contributed by atoms with Gasteiger partial charge < -0.3 is 10.1 Å². The highest BCUT2D eigenvalue weighted by atomic mass is 35.5. The molecule has 4 aromatic carbocycles. The Balaban J connectivity index is 1.30. The van der Waals surface area contributed by atoms with Gasteiger partial charge in [0.1, 0.15) is 17.5 Å². The standard InChI is InChI=1S/C33H24ClN3O5S2/c1-42-24-12-5-4-10-22(24)26-27-28(31(40)37(30(27)39)20-15-13-19(34)14-16-20)43-32-29(26)44-33(41)36(32)17-25(38)35-23-11-6-8-18-7-2-3-9-21(18)23/h2-16,26-28H,17H2,1H3,(H,35,38). The summed E-state index contributed by atoms with van der Waals surface area (Å²) < 4.78 is 7.09. The minimum atomic E-state index is -0.818. The summed E-state index contributed by atoms with van der Waals surface area (Å²) >= 11 is 8.24. The first kappa shape index (κ1) is 28.4. The Hall–Kier alpha value is -4.38. The number of hydrogen-bond acceptors (Lipinski definition) is 7. The van der Waals surface area contributed by atoms with Crippen LogP contribution in [0.15, 0.2) is 101 Å². The molecule has 5 aromatic rings. The Kier molecular flexibility index (Phi) is 7.28. The summed E-state index contributed by atoms with van der Waals surface area (Å²) in [6, 6.07) is 27.2. The van der Waals surface area contributed by atoms with E-state index in [1.165, 1.54) is 21.2 Å². The topological polar surface area (TPSA) is 97.7 Å². The van der Waals surface area contributed by atoms with E-state index in [1.807, 2.05) is 60.7 Å². The zero-order valence-corrected chi connectivity index (χ0v) is 25.6. The van der Waals surface area contributed by atoms with Crippen LogP contribution in [0.2, 0.25) is 5.02 Å². The summed E-state index contributed by atoms with van der Waals surface area (Å²) in [5.41, 5.74) is 1.76. The molecule has 8 nitrogen and oxygen atoms in total. The number of nitrogens with one attached hydrogen (secondary N) is 1. The maximum Gasteiger partial charge on any atom is 0.308 e. The lowest BCUT2D eigenvalue weighted by Crippen LogP contribution is -2.33. The number of thiazole rings is 1. The first-order chi connectivity index (χ1) is 21.4. The van der Waals surface area contributed by atoms with Crippen molar-refractivity contribution in [3.63, 3.8) is 0 Å². The van der Waals surface area contributed by atoms with Crippen LogP contribution >= 0.6 is 34.7 Å². The molecule has 0 aliphatic carbocycles. The van der Waals surface area contributed by atoms with Gasteiger partial charge in [-0.15, -0.1) is 0 Å². The van der Waals surface area contributed by atoms with Crippen LogP contribution in [0.25, 0.3) is 10.8 Å². The number of carbonyl (C=O) groups excluding carboxylic acids is 3. The lowest BCUT2D eigenvalue weighted by molar-refractivity contribution is -0.122. The highest BCUT2D eigenvalue weighted by molar-refractivity contribution is 8.00. The van der Waals surface area contributed by atoms with Crippen molar-refractivity contribution in [2.45, 2.75) is 22.7 Å². The van der Waals surface area contributed by atoms with Gasteiger partial charge in [0, 0.05) is 32.5 Å². The summed E-state index contributed by atoms with van der Waals surface area (Å²) in [4.78, 5) is 56.4. The number of anilines is 2. The molecule has 11 heteroatoms. The lowest BCUT2D eigenvalue weighted by Gasteiger charge is -2.31. The molecule has 1 aromatic heterocycles. The number of halogens is 1. The number of imide groups is 1. The van der Waals surface area contributed by atoms with Gasteiger partial charge in [-0.1, -0.05) is 89.3 Å². The number of ether oxygens (including phenoxy) is 1. The predicted molar refractivity (Wildman–Crippen MR) is 173 cm³/mol. The minimum Gasteiger partial charge on any atom is -0.496 e. The monoisotopic (exact) mass is 641 g/mol. The Labute approximate surface area is 265 Å². The van der Waals surface area contributed by atoms with E-state index >= 15 is 0 Å². The van der Waals surface area contributed by atoms with E-state index in [9.17, 15) is 19.2 Å². The largest absolute Gasteiger partial charge is 0.496 e. The third kappa shape index (κ3) is 4.70. The molecule has 220 valence electrons. The fourth-order valence-corrected chi connectivity index (χ4v) is 8.92. The number of thioether (sulfide) groups is 1. The SMILES string of the molecule is COc1ccccc1C1c2sc(=O)n(CC(=O)Nc3cccc4ccccc34)c2SC2C(=O)N(c3ccc(Cl)cc3)C(=O)C21. The van der Waals surface area contributed by atoms with Crippen molar-refractivity contribution in [2.75, 3.05) is 17.3 Å². The third-order valence-corrected chi connectivity index (χ3v) is 10.8. The molecule has 7 rings (SSSR count). The van der Waals surface area contributed by atoms with E-state index in [0.29, 0.717) is 37.6 Å². The molecule has 3 amide bonds. The lowest BCUT2D eigenvalue weighted by atomic mass is 9.82. The average molecular weight is 642 g/mol. The molecule has 1 N–H and O–H groups in total. The number of benzene rings is 4. The Bertz CT molecular complexity index is 2020. The van der Waals surface area contributed by atoms with Crippen LogP contribution in [0.5, 0.6) is 5.75 Å². The van der Waals surface area contributed by atoms with Crippen LogP contribution < -0.4 is 19.8 Å². The van der Waals surface area contributed by atoms with E-state index < -0.39 is 17.1 Å². The Morgan fingerprint density at radius 2 is 1.64 bits per heavy atom. The summed E-state index contributed by atoms with van der Waals surface area (Å²) in [5.74, 6) is -2.01. The van der Waals surface area contributed by atoms with Crippen LogP contribution in [-0.2, 0) is 20.9 Å². The molecule has 3 unspecified atom stereocenters. The average Bonchev–Trinajstić information content (AvgIpc) is 3.48. The van der Waals surface area contributed by atoms with Gasteiger partial charge in [0.05, 0.1) is 23.7 Å². The van der Waals surface area contributed by atoms with Gasteiger partial charge in [-0.3, -0.25) is 23.7 Å². The fraction of sp³-hybridized carbons (Fsp3) is 0.152. The molecule has 0 radical (unpaired) electrons. The molecular formula is C33H24ClN3O5S2. The van der Waals surface area contributed by atoms with Crippen molar-refractivity contribution in [3.05, 3.63) is 116 Å². The summed E-state index contributed by atoms with van der Waals surface area (Å²) in [6.45, 7) is -0.250. The number of hydrogen-bond donors (Lipinski definition) is 1. The van der Waals surface area contributed by atoms with Gasteiger partial charge in [0.15, 0.2) is 0 Å². The van der Waals surface area contributed by atoms with Crippen molar-refractivity contribution in [3.8, 4) is 5.75 Å². The first-order valence-corrected chi connectivity index (χ1v) is 15.9. The number of methoxy groups -OCH3 is 1. The van der Waals surface area contributed by atoms with Crippen molar-refractivity contribution >= 4 is 74.6 Å². The zero-order chi connectivity index (χ0) is 30.5. The smallest absolute Gasteiger partial charge is 0.308 e. The predicted octanol–water partition coefficient (Wildman–Crippen LogP) is 6.16. The molecular weight excluding hydrogens is 618 g/mol. The maximum absolute atomic E-state index is 14.1. The van der Waals surface area contributed by atoms with Gasteiger partial charge in [-0.05, 0) is 41.8 Å². The van der Waals surface area contributed by atoms with Crippen molar-refractivity contribution in [1.82, 2.24) is 4.57 Å². The summed E-state index contributed by atoms with van der Waals surface area (Å²) in [5, 5.41) is 4.98. The second kappa shape index (κ2) is 11.3. The number of aromatic nitrogens is 1. The molecule has 2 aliphatic rings. The molecule has 44 heavy (non-hydrogen) atoms. The van der Waals surface area contributed by atoms with Crippen LogP contribution in [0.3, 0.4) is 0 Å². The second-order valence-corrected chi connectivity index (χ2v) is 13.0. The summed E-state index contributed by atoms with van der Waals surface area (Å²) in [7, 11) is 1.54. The number of nitrogens with zero attached hydrogens (tertiary/aromatic N) is 2. The molecule has 1 saturated heterocycles. The molecule has 1 fully saturated rings. The number of fused-ring (bicyclic) bond motifs is 3. The van der Waals surface area contributed by atoms with E-state index in [-0.39, 0.29) is 29.1 Å². The van der Waals surface area contributed by atoms with Gasteiger partial charge in [0.2, 0.25) is 17.7 Å². The number of para-hydroxylation sites is 1. The molecule has 0 saturated carbocycles. The van der Waals surface area contributed by atoms with Gasteiger partial charge in [-0.2, -0.15) is 0 Å². The minimum absolute atomic E-state index is 0.250. The third-order valence-electron chi connectivity index (χ3n) is 7.97. The van der Waals surface area contributed by atoms with E-state index in [2.05, 4.69) is 5.32 Å². The van der Waals surface area contributed by atoms with Crippen LogP contribution in [0.4, 0.5) is 11.4 Å². The van der Waals surface area contributed by atoms with Crippen LogP contribution in [0, 0.1) is 5.92 Å². The van der Waals surface area contributed by atoms with E-state index in [0.717, 1.165) is 22.1 Å². The van der Waals surface area contributed by atoms with Gasteiger partial charge >= 0.3 is 4.87 Å². The number of amides is 3. The van der Waals surface area contributed by atoms with Crippen molar-refractivity contribution in [2.24, 2.45) is 5.92 Å². The van der Waals surface area contributed by atoms with Crippen LogP contribution in [-0.4, -0.2) is 34.6 Å². The summed E-state index contributed by atoms with van der Waals surface area (Å²) in [6.07, 6.45) is 0. The van der Waals surface area contributed by atoms with Crippen molar-refractivity contribution in [1.29, 1.82) is 0 Å². The number of rotatable bonds is 6. The van der Waals surface area contributed by atoms with Crippen molar-refractivity contribution < 1.29 is 19.1 Å². The van der Waals surface area contributed by atoms with E-state index in [1.54, 1.807) is 37.4 Å². The zero-order valence-electron chi connectivity index (χ0n) is 23.2. The molecule has 3 atom stereocenters. The van der Waals surface area contributed by atoms with Gasteiger partial charge in [0.25, 0.3) is 0 Å². The quantitative estimate of drug-likeness (QED) is 0.223. The first-order valence-electron chi connectivity index (χ1n) is 13.8. The highest BCUT2D eigenvalue weighted by Crippen LogP contribution is 2.55. The molecule has 3 heterocycles. The molecule has 0 bridgehead atoms. The highest BCUT2D eigenvalue weighted by Gasteiger charge is 2.57. The second-order valence-electron chi connectivity index (χ2n) is 10.5. The van der Waals surface area contributed by atoms with E-state index in [4.69, 9.17) is 16.3 Å². The normalized spacial score (nSPS) is 19.1.